The average Bonchev–Trinajstić information content (AvgIpc) is 3.14. The van der Waals surface area contributed by atoms with Crippen LogP contribution in [0.5, 0.6) is 0 Å². The molecule has 1 spiro atoms. The van der Waals surface area contributed by atoms with Crippen LogP contribution in [0.2, 0.25) is 0 Å². The summed E-state index contributed by atoms with van der Waals surface area (Å²) in [5, 5.41) is 6.79. The predicted molar refractivity (Wildman–Crippen MR) is 122 cm³/mol. The van der Waals surface area contributed by atoms with Gasteiger partial charge in [-0.3, -0.25) is 14.8 Å². The summed E-state index contributed by atoms with van der Waals surface area (Å²) < 4.78 is 32.4. The molecule has 0 unspecified atom stereocenters. The number of rotatable bonds is 1. The van der Waals surface area contributed by atoms with E-state index in [2.05, 4.69) is 22.3 Å². The third-order valence-electron chi connectivity index (χ3n) is 6.69. The number of aryl methyl sites for hydroxylation is 1. The molecule has 1 atom stereocenters. The number of aromatic nitrogens is 2. The first-order chi connectivity index (χ1) is 16.3. The molecule has 2 aromatic carbocycles. The van der Waals surface area contributed by atoms with Gasteiger partial charge in [-0.15, -0.1) is 0 Å². The number of urea groups is 1. The summed E-state index contributed by atoms with van der Waals surface area (Å²) in [6.45, 7) is 0. The molecular weight excluding hydrogens is 438 g/mol. The predicted octanol–water partition coefficient (Wildman–Crippen LogP) is 3.87. The molecule has 2 aliphatic rings. The Morgan fingerprint density at radius 1 is 1.03 bits per heavy atom. The Bertz CT molecular complexity index is 1360. The number of carbonyl (C=O) groups excluding carboxylic acids is 2. The number of imide groups is 1. The van der Waals surface area contributed by atoms with Gasteiger partial charge in [-0.2, -0.15) is 5.10 Å². The molecule has 1 aliphatic carbocycles. The highest BCUT2D eigenvalue weighted by atomic mass is 19.1. The third-order valence-corrected chi connectivity index (χ3v) is 6.69. The van der Waals surface area contributed by atoms with Crippen LogP contribution in [0.15, 0.2) is 42.5 Å². The largest absolute Gasteiger partial charge is 0.324 e. The summed E-state index contributed by atoms with van der Waals surface area (Å²) in [5.41, 5.74) is 1.05. The minimum absolute atomic E-state index is 0.00477. The van der Waals surface area contributed by atoms with E-state index >= 15 is 8.78 Å². The smallest absolute Gasteiger partial charge is 0.317 e. The normalized spacial score (nSPS) is 19.5. The standard InChI is InChI=1S/C26H22F2N4O2/c1-31-25(34)29-21(33)15-26(31)12-6-9-20-23(26)24(30-32(20)2)22-18(27)13-17(14-19(22)28)11-10-16-7-4-3-5-8-16/h3-5,7-8,13-14H,6,9,12,15H2,1-2H3,(H,29,33,34)/t26-/m0/s1. The Labute approximate surface area is 195 Å². The van der Waals surface area contributed by atoms with Gasteiger partial charge in [0.1, 0.15) is 17.3 Å². The van der Waals surface area contributed by atoms with Crippen molar-refractivity contribution < 1.29 is 18.4 Å². The second kappa shape index (κ2) is 8.10. The molecule has 8 heteroatoms. The number of amides is 3. The van der Waals surface area contributed by atoms with E-state index in [1.807, 2.05) is 30.3 Å². The van der Waals surface area contributed by atoms with Crippen molar-refractivity contribution >= 4 is 11.9 Å². The molecule has 0 radical (unpaired) electrons. The van der Waals surface area contributed by atoms with Crippen molar-refractivity contribution in [2.45, 2.75) is 31.2 Å². The second-order valence-corrected chi connectivity index (χ2v) is 8.70. The Kier molecular flexibility index (Phi) is 5.20. The molecule has 1 N–H and O–H groups in total. The Morgan fingerprint density at radius 2 is 1.71 bits per heavy atom. The van der Waals surface area contributed by atoms with Crippen LogP contribution in [0.3, 0.4) is 0 Å². The fourth-order valence-electron chi connectivity index (χ4n) is 5.06. The van der Waals surface area contributed by atoms with Crippen LogP contribution in [0, 0.1) is 23.5 Å². The molecule has 1 fully saturated rings. The van der Waals surface area contributed by atoms with Crippen LogP contribution in [-0.4, -0.2) is 33.7 Å². The topological polar surface area (TPSA) is 67.2 Å². The number of halogens is 2. The van der Waals surface area contributed by atoms with E-state index in [4.69, 9.17) is 0 Å². The number of fused-ring (bicyclic) bond motifs is 2. The zero-order valence-electron chi connectivity index (χ0n) is 18.8. The van der Waals surface area contributed by atoms with E-state index in [1.165, 1.54) is 17.0 Å². The lowest BCUT2D eigenvalue weighted by Crippen LogP contribution is -2.60. The van der Waals surface area contributed by atoms with Gasteiger partial charge in [-0.25, -0.2) is 13.6 Å². The monoisotopic (exact) mass is 460 g/mol. The van der Waals surface area contributed by atoms with E-state index in [1.54, 1.807) is 18.8 Å². The van der Waals surface area contributed by atoms with E-state index < -0.39 is 29.1 Å². The van der Waals surface area contributed by atoms with Gasteiger partial charge in [-0.05, 0) is 43.5 Å². The van der Waals surface area contributed by atoms with Crippen molar-refractivity contribution in [3.05, 3.63) is 76.5 Å². The molecule has 0 bridgehead atoms. The number of carbonyl (C=O) groups is 2. The van der Waals surface area contributed by atoms with E-state index in [0.29, 0.717) is 18.4 Å². The maximum Gasteiger partial charge on any atom is 0.324 e. The maximum absolute atomic E-state index is 15.4. The van der Waals surface area contributed by atoms with Gasteiger partial charge in [-0.1, -0.05) is 30.0 Å². The average molecular weight is 460 g/mol. The van der Waals surface area contributed by atoms with Gasteiger partial charge in [0, 0.05) is 36.5 Å². The summed E-state index contributed by atoms with van der Waals surface area (Å²) in [6.07, 6.45) is 1.85. The highest BCUT2D eigenvalue weighted by Crippen LogP contribution is 2.48. The number of hydrogen-bond donors (Lipinski definition) is 1. The van der Waals surface area contributed by atoms with Crippen molar-refractivity contribution in [1.82, 2.24) is 20.0 Å². The first-order valence-corrected chi connectivity index (χ1v) is 11.0. The molecule has 1 saturated heterocycles. The molecular formula is C26H22F2N4O2. The van der Waals surface area contributed by atoms with Gasteiger partial charge in [0.25, 0.3) is 0 Å². The third kappa shape index (κ3) is 3.45. The first kappa shape index (κ1) is 21.8. The van der Waals surface area contributed by atoms with E-state index in [0.717, 1.165) is 17.7 Å². The minimum Gasteiger partial charge on any atom is -0.317 e. The fourth-order valence-corrected chi connectivity index (χ4v) is 5.06. The summed E-state index contributed by atoms with van der Waals surface area (Å²) in [4.78, 5) is 26.4. The summed E-state index contributed by atoms with van der Waals surface area (Å²) in [5.74, 6) is 3.69. The molecule has 3 amide bonds. The van der Waals surface area contributed by atoms with Gasteiger partial charge in [0.05, 0.1) is 17.5 Å². The van der Waals surface area contributed by atoms with Crippen LogP contribution in [0.1, 0.15) is 41.6 Å². The van der Waals surface area contributed by atoms with Crippen molar-refractivity contribution in [2.75, 3.05) is 7.05 Å². The zero-order chi connectivity index (χ0) is 24.0. The van der Waals surface area contributed by atoms with Crippen molar-refractivity contribution in [1.29, 1.82) is 0 Å². The molecule has 3 aromatic rings. The van der Waals surface area contributed by atoms with Gasteiger partial charge < -0.3 is 4.90 Å². The van der Waals surface area contributed by atoms with Crippen molar-refractivity contribution in [2.24, 2.45) is 7.05 Å². The Morgan fingerprint density at radius 3 is 2.41 bits per heavy atom. The zero-order valence-corrected chi connectivity index (χ0v) is 18.8. The van der Waals surface area contributed by atoms with Crippen LogP contribution < -0.4 is 5.32 Å². The number of hydrogen-bond acceptors (Lipinski definition) is 3. The quantitative estimate of drug-likeness (QED) is 0.561. The highest BCUT2D eigenvalue weighted by Gasteiger charge is 2.50. The van der Waals surface area contributed by atoms with Gasteiger partial charge >= 0.3 is 6.03 Å². The van der Waals surface area contributed by atoms with E-state index in [9.17, 15) is 9.59 Å². The Hall–Kier alpha value is -3.99. The molecule has 6 nitrogen and oxygen atoms in total. The molecule has 34 heavy (non-hydrogen) atoms. The molecule has 0 saturated carbocycles. The molecule has 1 aromatic heterocycles. The van der Waals surface area contributed by atoms with E-state index in [-0.39, 0.29) is 23.2 Å². The fraction of sp³-hybridized carbons (Fsp3) is 0.269. The minimum atomic E-state index is -1.01. The maximum atomic E-state index is 15.4. The first-order valence-electron chi connectivity index (χ1n) is 11.0. The molecule has 1 aliphatic heterocycles. The lowest BCUT2D eigenvalue weighted by Gasteiger charge is -2.47. The van der Waals surface area contributed by atoms with Crippen LogP contribution >= 0.6 is 0 Å². The summed E-state index contributed by atoms with van der Waals surface area (Å²) >= 11 is 0. The van der Waals surface area contributed by atoms with Gasteiger partial charge in [0.15, 0.2) is 0 Å². The van der Waals surface area contributed by atoms with Gasteiger partial charge in [0.2, 0.25) is 5.91 Å². The molecule has 5 rings (SSSR count). The van der Waals surface area contributed by atoms with Crippen LogP contribution in [0.25, 0.3) is 11.3 Å². The molecule has 172 valence electrons. The Balaban J connectivity index is 1.65. The molecule has 2 heterocycles. The lowest BCUT2D eigenvalue weighted by atomic mass is 9.73. The summed E-state index contributed by atoms with van der Waals surface area (Å²) in [6, 6.07) is 11.0. The van der Waals surface area contributed by atoms with Crippen molar-refractivity contribution in [3.63, 3.8) is 0 Å². The lowest BCUT2D eigenvalue weighted by molar-refractivity contribution is -0.125. The summed E-state index contributed by atoms with van der Waals surface area (Å²) in [7, 11) is 3.31. The SMILES string of the molecule is CN1C(=O)NC(=O)C[C@]12CCCc1c2c(-c2c(F)cc(C#Cc3ccccc3)cc2F)nn1C. The number of nitrogens with one attached hydrogen (secondary N) is 1. The van der Waals surface area contributed by atoms with Crippen LogP contribution in [-0.2, 0) is 23.8 Å². The van der Waals surface area contributed by atoms with Crippen LogP contribution in [0.4, 0.5) is 13.6 Å². The number of benzene rings is 2. The number of nitrogens with zero attached hydrogens (tertiary/aromatic N) is 3. The van der Waals surface area contributed by atoms with Crippen molar-refractivity contribution in [3.8, 4) is 23.1 Å². The highest BCUT2D eigenvalue weighted by molar-refractivity contribution is 5.98. The second-order valence-electron chi connectivity index (χ2n) is 8.70.